The van der Waals surface area contributed by atoms with E-state index >= 15 is 0 Å². The first-order valence-corrected chi connectivity index (χ1v) is 12.8. The van der Waals surface area contributed by atoms with Crippen LogP contribution in [-0.2, 0) is 4.79 Å². The van der Waals surface area contributed by atoms with Gasteiger partial charge >= 0.3 is 0 Å². The molecule has 0 unspecified atom stereocenters. The molecule has 2 aromatic carbocycles. The quantitative estimate of drug-likeness (QED) is 0.357. The number of fused-ring (bicyclic) bond motifs is 1. The first-order chi connectivity index (χ1) is 17.4. The summed E-state index contributed by atoms with van der Waals surface area (Å²) in [7, 11) is 0. The number of benzene rings is 2. The highest BCUT2D eigenvalue weighted by atomic mass is 35.5. The molecule has 186 valence electrons. The third-order valence-electron chi connectivity index (χ3n) is 6.57. The van der Waals surface area contributed by atoms with Crippen LogP contribution in [0.2, 0.25) is 10.0 Å². The highest BCUT2D eigenvalue weighted by Crippen LogP contribution is 2.34. The molecule has 4 aromatic rings. The van der Waals surface area contributed by atoms with E-state index in [0.29, 0.717) is 42.1 Å². The first-order valence-electron chi connectivity index (χ1n) is 12.1. The van der Waals surface area contributed by atoms with Crippen LogP contribution in [0, 0.1) is 0 Å². The van der Waals surface area contributed by atoms with E-state index < -0.39 is 0 Å². The van der Waals surface area contributed by atoms with Crippen molar-refractivity contribution in [2.45, 2.75) is 19.8 Å². The van der Waals surface area contributed by atoms with E-state index in [0.717, 1.165) is 28.4 Å². The van der Waals surface area contributed by atoms with Crippen molar-refractivity contribution in [2.24, 2.45) is 0 Å². The van der Waals surface area contributed by atoms with E-state index in [1.807, 2.05) is 33.7 Å². The van der Waals surface area contributed by atoms with Crippen LogP contribution < -0.4 is 10.2 Å². The van der Waals surface area contributed by atoms with Gasteiger partial charge in [0.15, 0.2) is 5.65 Å². The van der Waals surface area contributed by atoms with Crippen LogP contribution in [-0.4, -0.2) is 57.9 Å². The zero-order valence-corrected chi connectivity index (χ0v) is 21.8. The highest BCUT2D eigenvalue weighted by Gasteiger charge is 2.24. The fraction of sp³-hybridized carbons (Fsp3) is 0.296. The summed E-state index contributed by atoms with van der Waals surface area (Å²) in [4.78, 5) is 26.1. The summed E-state index contributed by atoms with van der Waals surface area (Å²) in [6.45, 7) is 7.05. The maximum absolute atomic E-state index is 13.1. The normalized spacial score (nSPS) is 14.0. The predicted molar refractivity (Wildman–Crippen MR) is 146 cm³/mol. The van der Waals surface area contributed by atoms with Gasteiger partial charge in [0.25, 0.3) is 0 Å². The Kier molecular flexibility index (Phi) is 7.03. The van der Waals surface area contributed by atoms with Gasteiger partial charge in [-0.1, -0.05) is 67.4 Å². The smallest absolute Gasteiger partial charge is 0.242 e. The van der Waals surface area contributed by atoms with Gasteiger partial charge in [0.1, 0.15) is 11.5 Å². The second kappa shape index (κ2) is 10.4. The second-order valence-corrected chi connectivity index (χ2v) is 10.00. The molecule has 0 bridgehead atoms. The van der Waals surface area contributed by atoms with Crippen LogP contribution >= 0.6 is 23.2 Å². The molecule has 1 fully saturated rings. The summed E-state index contributed by atoms with van der Waals surface area (Å²) in [5.41, 5.74) is 4.61. The SMILES string of the molecule is CC(C)c1ccc(-c2nc3cnccn3c2NCC(=O)N2CCN(c3c(Cl)cccc3Cl)CC2)cc1. The molecule has 1 aliphatic heterocycles. The number of carbonyl (C=O) groups is 1. The molecule has 2 aromatic heterocycles. The molecule has 0 aliphatic carbocycles. The van der Waals surface area contributed by atoms with Crippen molar-refractivity contribution in [3.63, 3.8) is 0 Å². The molecule has 36 heavy (non-hydrogen) atoms. The minimum atomic E-state index is 0.0324. The number of halogens is 2. The summed E-state index contributed by atoms with van der Waals surface area (Å²) >= 11 is 12.8. The number of piperazine rings is 1. The van der Waals surface area contributed by atoms with Gasteiger partial charge in [-0.05, 0) is 23.6 Å². The van der Waals surface area contributed by atoms with Crippen molar-refractivity contribution in [3.05, 3.63) is 76.7 Å². The van der Waals surface area contributed by atoms with Crippen molar-refractivity contribution in [1.82, 2.24) is 19.3 Å². The highest BCUT2D eigenvalue weighted by molar-refractivity contribution is 6.39. The van der Waals surface area contributed by atoms with Crippen molar-refractivity contribution in [3.8, 4) is 11.3 Å². The van der Waals surface area contributed by atoms with Gasteiger partial charge in [0.2, 0.25) is 5.91 Å². The number of hydrogen-bond donors (Lipinski definition) is 1. The van der Waals surface area contributed by atoms with Gasteiger partial charge in [-0.15, -0.1) is 0 Å². The van der Waals surface area contributed by atoms with Crippen LogP contribution in [0.4, 0.5) is 11.5 Å². The van der Waals surface area contributed by atoms with Crippen LogP contribution in [0.3, 0.4) is 0 Å². The molecule has 5 rings (SSSR count). The van der Waals surface area contributed by atoms with E-state index in [9.17, 15) is 4.79 Å². The lowest BCUT2D eigenvalue weighted by Crippen LogP contribution is -2.50. The summed E-state index contributed by atoms with van der Waals surface area (Å²) in [5, 5.41) is 4.61. The Morgan fingerprint density at radius 3 is 2.39 bits per heavy atom. The second-order valence-electron chi connectivity index (χ2n) is 9.18. The number of hydrogen-bond acceptors (Lipinski definition) is 5. The topological polar surface area (TPSA) is 65.8 Å². The van der Waals surface area contributed by atoms with E-state index in [2.05, 4.69) is 53.3 Å². The lowest BCUT2D eigenvalue weighted by atomic mass is 10.0. The van der Waals surface area contributed by atoms with Gasteiger partial charge in [-0.3, -0.25) is 14.2 Å². The van der Waals surface area contributed by atoms with Crippen LogP contribution in [0.15, 0.2) is 61.1 Å². The monoisotopic (exact) mass is 522 g/mol. The molecule has 0 spiro atoms. The van der Waals surface area contributed by atoms with Gasteiger partial charge in [0.05, 0.1) is 28.5 Å². The van der Waals surface area contributed by atoms with Crippen molar-refractivity contribution in [1.29, 1.82) is 0 Å². The number of nitrogens with zero attached hydrogens (tertiary/aromatic N) is 5. The van der Waals surface area contributed by atoms with Gasteiger partial charge < -0.3 is 15.1 Å². The molecule has 0 radical (unpaired) electrons. The summed E-state index contributed by atoms with van der Waals surface area (Å²) in [6, 6.07) is 13.9. The molecule has 0 saturated carbocycles. The fourth-order valence-corrected chi connectivity index (χ4v) is 5.18. The van der Waals surface area contributed by atoms with Crippen molar-refractivity contribution < 1.29 is 4.79 Å². The molecule has 1 aliphatic rings. The lowest BCUT2D eigenvalue weighted by molar-refractivity contribution is -0.129. The molecular formula is C27H28Cl2N6O. The van der Waals surface area contributed by atoms with E-state index in [4.69, 9.17) is 28.2 Å². The molecule has 9 heteroatoms. The van der Waals surface area contributed by atoms with E-state index in [1.165, 1.54) is 5.56 Å². The lowest BCUT2D eigenvalue weighted by Gasteiger charge is -2.37. The summed E-state index contributed by atoms with van der Waals surface area (Å²) < 4.78 is 1.93. The van der Waals surface area contributed by atoms with E-state index in [-0.39, 0.29) is 12.5 Å². The molecular weight excluding hydrogens is 495 g/mol. The minimum absolute atomic E-state index is 0.0324. The number of amides is 1. The third-order valence-corrected chi connectivity index (χ3v) is 7.18. The fourth-order valence-electron chi connectivity index (χ4n) is 4.54. The first kappa shape index (κ1) is 24.4. The number of imidazole rings is 1. The number of rotatable bonds is 6. The Morgan fingerprint density at radius 1 is 1.03 bits per heavy atom. The Bertz CT molecular complexity index is 1360. The molecule has 1 N–H and O–H groups in total. The third kappa shape index (κ3) is 4.86. The molecule has 7 nitrogen and oxygen atoms in total. The predicted octanol–water partition coefficient (Wildman–Crippen LogP) is 5.59. The Balaban J connectivity index is 1.30. The van der Waals surface area contributed by atoms with Crippen molar-refractivity contribution in [2.75, 3.05) is 42.9 Å². The average Bonchev–Trinajstić information content (AvgIpc) is 3.26. The number of carbonyl (C=O) groups excluding carboxylic acids is 1. The number of aromatic nitrogens is 3. The molecule has 1 saturated heterocycles. The van der Waals surface area contributed by atoms with Crippen LogP contribution in [0.5, 0.6) is 0 Å². The van der Waals surface area contributed by atoms with Crippen molar-refractivity contribution >= 4 is 46.3 Å². The molecule has 3 heterocycles. The molecule has 1 amide bonds. The summed E-state index contributed by atoms with van der Waals surface area (Å²) in [5.74, 6) is 1.26. The van der Waals surface area contributed by atoms with Crippen LogP contribution in [0.25, 0.3) is 16.9 Å². The number of para-hydroxylation sites is 1. The summed E-state index contributed by atoms with van der Waals surface area (Å²) in [6.07, 6.45) is 5.29. The maximum Gasteiger partial charge on any atom is 0.242 e. The standard InChI is InChI=1S/C27H28Cl2N6O/c1-18(2)19-6-8-20(9-7-19)25-27(35-11-10-30-16-23(35)32-25)31-17-24(36)33-12-14-34(15-13-33)26-21(28)4-3-5-22(26)29/h3-11,16,18,31H,12-15,17H2,1-2H3. The van der Waals surface area contributed by atoms with Crippen LogP contribution in [0.1, 0.15) is 25.3 Å². The Labute approximate surface area is 220 Å². The largest absolute Gasteiger partial charge is 0.366 e. The number of anilines is 2. The van der Waals surface area contributed by atoms with Gasteiger partial charge in [-0.2, -0.15) is 0 Å². The average molecular weight is 523 g/mol. The van der Waals surface area contributed by atoms with Gasteiger partial charge in [0, 0.05) is 44.1 Å². The van der Waals surface area contributed by atoms with E-state index in [1.54, 1.807) is 12.4 Å². The zero-order valence-electron chi connectivity index (χ0n) is 20.3. The Hall–Kier alpha value is -3.29. The maximum atomic E-state index is 13.1. The van der Waals surface area contributed by atoms with Gasteiger partial charge in [-0.25, -0.2) is 4.98 Å². The Morgan fingerprint density at radius 2 is 1.72 bits per heavy atom. The molecule has 0 atom stereocenters. The zero-order chi connectivity index (χ0) is 25.2. The number of nitrogens with one attached hydrogen (secondary N) is 1. The minimum Gasteiger partial charge on any atom is -0.366 e.